The van der Waals surface area contributed by atoms with Crippen LogP contribution >= 0.6 is 0 Å². The third-order valence-electron chi connectivity index (χ3n) is 7.38. The largest absolute Gasteiger partial charge is 0.462 e. The number of esters is 1. The van der Waals surface area contributed by atoms with Gasteiger partial charge in [0.1, 0.15) is 5.82 Å². The molecule has 0 radical (unpaired) electrons. The van der Waals surface area contributed by atoms with Crippen LogP contribution in [-0.4, -0.2) is 78.0 Å². The minimum absolute atomic E-state index is 0.0221. The number of amides is 3. The molecule has 47 heavy (non-hydrogen) atoms. The second kappa shape index (κ2) is 14.0. The number of anilines is 2. The van der Waals surface area contributed by atoms with Gasteiger partial charge in [0, 0.05) is 49.5 Å². The fraction of sp³-hybridized carbons (Fsp3) is 0.323. The number of urea groups is 1. The molecule has 1 aliphatic heterocycles. The lowest BCUT2D eigenvalue weighted by molar-refractivity contribution is -0.376. The third-order valence-corrected chi connectivity index (χ3v) is 7.38. The first-order valence-electron chi connectivity index (χ1n) is 14.1. The number of aliphatic hydroxyl groups is 1. The van der Waals surface area contributed by atoms with E-state index in [0.29, 0.717) is 36.5 Å². The molecule has 1 fully saturated rings. The van der Waals surface area contributed by atoms with Crippen molar-refractivity contribution in [1.29, 1.82) is 0 Å². The number of benzene rings is 3. The molecule has 0 unspecified atom stereocenters. The average molecular weight is 671 g/mol. The van der Waals surface area contributed by atoms with Crippen molar-refractivity contribution in [1.82, 2.24) is 9.80 Å². The van der Waals surface area contributed by atoms with Crippen molar-refractivity contribution in [3.8, 4) is 0 Å². The number of nitrogens with zero attached hydrogens (tertiary/aromatic N) is 2. The van der Waals surface area contributed by atoms with Crippen LogP contribution < -0.4 is 10.6 Å². The molecule has 0 spiro atoms. The number of hydrogen-bond acceptors (Lipinski definition) is 6. The van der Waals surface area contributed by atoms with E-state index in [9.17, 15) is 50.2 Å². The molecule has 4 rings (SSSR count). The monoisotopic (exact) mass is 670 g/mol. The van der Waals surface area contributed by atoms with Gasteiger partial charge in [0.2, 0.25) is 0 Å². The Kier molecular flexibility index (Phi) is 10.4. The first-order valence-corrected chi connectivity index (χ1v) is 14.1. The predicted molar refractivity (Wildman–Crippen MR) is 155 cm³/mol. The number of rotatable bonds is 8. The first-order chi connectivity index (χ1) is 22.0. The zero-order chi connectivity index (χ0) is 34.6. The van der Waals surface area contributed by atoms with E-state index < -0.39 is 47.2 Å². The number of carbonyl (C=O) groups excluding carboxylic acids is 3. The molecule has 0 bridgehead atoms. The number of hydrogen-bond donors (Lipinski definition) is 3. The van der Waals surface area contributed by atoms with Gasteiger partial charge in [-0.2, -0.15) is 26.3 Å². The molecule has 1 heterocycles. The summed E-state index contributed by atoms with van der Waals surface area (Å²) in [6.07, 6.45) is -12.0. The van der Waals surface area contributed by atoms with Crippen LogP contribution in [0.25, 0.3) is 0 Å². The van der Waals surface area contributed by atoms with Gasteiger partial charge in [0.15, 0.2) is 0 Å². The Balaban J connectivity index is 1.29. The molecule has 3 aromatic carbocycles. The molecule has 0 saturated carbocycles. The van der Waals surface area contributed by atoms with E-state index in [-0.39, 0.29) is 43.1 Å². The maximum atomic E-state index is 14.8. The van der Waals surface area contributed by atoms with E-state index in [1.54, 1.807) is 6.92 Å². The highest BCUT2D eigenvalue weighted by molar-refractivity contribution is 6.01. The SMILES string of the molecule is CCOC(=O)c1ccc(NC(=O)Nc2ccc(C(=O)N3CCN(Cc4ccc(C(O)(C(F)(F)F)C(F)(F)F)cc4)CC3)cc2F)cc1. The van der Waals surface area contributed by atoms with Gasteiger partial charge in [-0.05, 0) is 55.0 Å². The van der Waals surface area contributed by atoms with Crippen LogP contribution in [0, 0.1) is 5.82 Å². The zero-order valence-corrected chi connectivity index (χ0v) is 24.7. The maximum absolute atomic E-state index is 14.8. The second-order valence-corrected chi connectivity index (χ2v) is 10.5. The topological polar surface area (TPSA) is 111 Å². The number of ether oxygens (including phenoxy) is 1. The summed E-state index contributed by atoms with van der Waals surface area (Å²) in [5.74, 6) is -1.87. The van der Waals surface area contributed by atoms with Gasteiger partial charge in [-0.25, -0.2) is 14.0 Å². The first kappa shape index (κ1) is 35.2. The van der Waals surface area contributed by atoms with E-state index in [0.717, 1.165) is 18.2 Å². The van der Waals surface area contributed by atoms with Gasteiger partial charge in [-0.15, -0.1) is 0 Å². The van der Waals surface area contributed by atoms with E-state index >= 15 is 0 Å². The van der Waals surface area contributed by atoms with Crippen LogP contribution in [0.15, 0.2) is 66.7 Å². The quantitative estimate of drug-likeness (QED) is 0.203. The van der Waals surface area contributed by atoms with Crippen LogP contribution in [0.1, 0.15) is 38.8 Å². The van der Waals surface area contributed by atoms with Crippen molar-refractivity contribution >= 4 is 29.3 Å². The third kappa shape index (κ3) is 8.00. The van der Waals surface area contributed by atoms with Crippen LogP contribution in [0.4, 0.5) is 46.9 Å². The van der Waals surface area contributed by atoms with Gasteiger partial charge in [0.25, 0.3) is 11.5 Å². The molecule has 0 atom stereocenters. The minimum atomic E-state index is -5.98. The Morgan fingerprint density at radius 3 is 1.91 bits per heavy atom. The van der Waals surface area contributed by atoms with Crippen LogP contribution in [0.5, 0.6) is 0 Å². The predicted octanol–water partition coefficient (Wildman–Crippen LogP) is 5.92. The van der Waals surface area contributed by atoms with Crippen molar-refractivity contribution in [3.05, 3.63) is 94.8 Å². The fourth-order valence-electron chi connectivity index (χ4n) is 4.83. The Hall–Kier alpha value is -4.70. The van der Waals surface area contributed by atoms with Crippen LogP contribution in [-0.2, 0) is 16.9 Å². The fourth-order valence-corrected chi connectivity index (χ4v) is 4.83. The number of piperazine rings is 1. The van der Waals surface area contributed by atoms with Gasteiger partial charge in [-0.1, -0.05) is 24.3 Å². The lowest BCUT2D eigenvalue weighted by Gasteiger charge is -2.35. The molecule has 3 N–H and O–H groups in total. The summed E-state index contributed by atoms with van der Waals surface area (Å²) in [5.41, 5.74) is -5.53. The molecule has 3 aromatic rings. The minimum Gasteiger partial charge on any atom is -0.462 e. The van der Waals surface area contributed by atoms with E-state index in [1.807, 2.05) is 4.90 Å². The number of carbonyl (C=O) groups is 3. The van der Waals surface area contributed by atoms with Crippen molar-refractivity contribution in [3.63, 3.8) is 0 Å². The Labute approximate surface area is 263 Å². The lowest BCUT2D eigenvalue weighted by Crippen LogP contribution is -2.53. The molecule has 3 amide bonds. The molecule has 0 aromatic heterocycles. The summed E-state index contributed by atoms with van der Waals surface area (Å²) in [5, 5.41) is 14.4. The molecule has 0 aliphatic carbocycles. The highest BCUT2D eigenvalue weighted by atomic mass is 19.4. The number of alkyl halides is 6. The second-order valence-electron chi connectivity index (χ2n) is 10.5. The number of halogens is 7. The molecule has 9 nitrogen and oxygen atoms in total. The Morgan fingerprint density at radius 2 is 1.38 bits per heavy atom. The van der Waals surface area contributed by atoms with E-state index in [4.69, 9.17) is 4.74 Å². The average Bonchev–Trinajstić information content (AvgIpc) is 3.01. The highest BCUT2D eigenvalue weighted by Gasteiger charge is 2.71. The standard InChI is InChI=1S/C31H29F7N4O5/c1-2-47-27(44)20-5-10-23(11-6-20)39-28(45)40-25-12-7-21(17-24(25)32)26(43)42-15-13-41(14-16-42)18-19-3-8-22(9-4-19)29(46,30(33,34)35)31(36,37)38/h3-12,17,46H,2,13-16,18H2,1H3,(H2,39,40,45). The zero-order valence-electron chi connectivity index (χ0n) is 24.7. The van der Waals surface area contributed by atoms with Gasteiger partial charge in [0.05, 0.1) is 17.9 Å². The number of nitrogens with one attached hydrogen (secondary N) is 2. The van der Waals surface area contributed by atoms with Gasteiger partial charge >= 0.3 is 24.4 Å². The van der Waals surface area contributed by atoms with Gasteiger partial charge < -0.3 is 25.4 Å². The van der Waals surface area contributed by atoms with Crippen molar-refractivity contribution in [2.45, 2.75) is 31.4 Å². The summed E-state index contributed by atoms with van der Waals surface area (Å²) >= 11 is 0. The van der Waals surface area contributed by atoms with Crippen LogP contribution in [0.2, 0.25) is 0 Å². The van der Waals surface area contributed by atoms with Gasteiger partial charge in [-0.3, -0.25) is 9.69 Å². The molecule has 16 heteroatoms. The molecular formula is C31H29F7N4O5. The highest BCUT2D eigenvalue weighted by Crippen LogP contribution is 2.50. The van der Waals surface area contributed by atoms with Crippen LogP contribution in [0.3, 0.4) is 0 Å². The van der Waals surface area contributed by atoms with E-state index in [2.05, 4.69) is 10.6 Å². The summed E-state index contributed by atoms with van der Waals surface area (Å²) in [4.78, 5) is 40.4. The normalized spacial score (nSPS) is 14.4. The smallest absolute Gasteiger partial charge is 0.430 e. The maximum Gasteiger partial charge on any atom is 0.430 e. The van der Waals surface area contributed by atoms with Crippen molar-refractivity contribution < 1.29 is 55.0 Å². The summed E-state index contributed by atoms with van der Waals surface area (Å²) in [6, 6.07) is 11.9. The molecule has 252 valence electrons. The summed E-state index contributed by atoms with van der Waals surface area (Å²) in [6.45, 7) is 3.07. The molecule has 1 saturated heterocycles. The summed E-state index contributed by atoms with van der Waals surface area (Å²) < 4.78 is 98.5. The Bertz CT molecular complexity index is 1570. The van der Waals surface area contributed by atoms with Crippen molar-refractivity contribution in [2.24, 2.45) is 0 Å². The molecular weight excluding hydrogens is 641 g/mol. The van der Waals surface area contributed by atoms with Crippen molar-refractivity contribution in [2.75, 3.05) is 43.4 Å². The summed E-state index contributed by atoms with van der Waals surface area (Å²) in [7, 11) is 0. The van der Waals surface area contributed by atoms with E-state index in [1.165, 1.54) is 41.3 Å². The Morgan fingerprint density at radius 1 is 0.809 bits per heavy atom. The molecule has 1 aliphatic rings. The lowest BCUT2D eigenvalue weighted by atomic mass is 9.91.